The molecule has 1 aliphatic carbocycles. The molecule has 1 saturated carbocycles. The minimum atomic E-state index is -1.27. The van der Waals surface area contributed by atoms with E-state index < -0.39 is 28.6 Å². The van der Waals surface area contributed by atoms with Gasteiger partial charge in [0.1, 0.15) is 11.2 Å². The quantitative estimate of drug-likeness (QED) is 0.517. The van der Waals surface area contributed by atoms with Crippen LogP contribution in [0.3, 0.4) is 0 Å². The van der Waals surface area contributed by atoms with Gasteiger partial charge in [0.2, 0.25) is 0 Å². The van der Waals surface area contributed by atoms with E-state index in [9.17, 15) is 9.59 Å². The van der Waals surface area contributed by atoms with Crippen LogP contribution in [0, 0.1) is 10.8 Å². The van der Waals surface area contributed by atoms with Gasteiger partial charge in [-0.05, 0) is 26.7 Å². The summed E-state index contributed by atoms with van der Waals surface area (Å²) in [5.41, 5.74) is -3.15. The number of carbonyl (C=O) groups excluding carboxylic acids is 2. The van der Waals surface area contributed by atoms with Crippen LogP contribution in [-0.4, -0.2) is 36.9 Å². The van der Waals surface area contributed by atoms with Crippen LogP contribution < -0.4 is 0 Å². The van der Waals surface area contributed by atoms with Crippen LogP contribution in [0.5, 0.6) is 0 Å². The standard InChI is InChI=1S/C13H18O5/c1-10(2)13-11(3,5-6-17-13)7-12(13,8(14)16-4)9(15)18-10/h5-7H2,1-4H3/t11-,12-,13-/m1/s1. The third kappa shape index (κ3) is 0.830. The minimum Gasteiger partial charge on any atom is -0.468 e. The first-order valence-corrected chi connectivity index (χ1v) is 6.23. The number of rotatable bonds is 1. The van der Waals surface area contributed by atoms with Crippen molar-refractivity contribution in [2.45, 2.75) is 44.8 Å². The first-order chi connectivity index (χ1) is 8.27. The van der Waals surface area contributed by atoms with Crippen molar-refractivity contribution in [3.8, 4) is 0 Å². The van der Waals surface area contributed by atoms with Gasteiger partial charge in [-0.25, -0.2) is 0 Å². The second-order valence-electron chi connectivity index (χ2n) is 6.31. The lowest BCUT2D eigenvalue weighted by atomic mass is 9.40. The van der Waals surface area contributed by atoms with Crippen molar-refractivity contribution in [3.05, 3.63) is 0 Å². The molecular formula is C13H18O5. The van der Waals surface area contributed by atoms with Crippen molar-refractivity contribution < 1.29 is 23.8 Å². The molecule has 2 saturated heterocycles. The lowest BCUT2D eigenvalue weighted by molar-refractivity contribution is -0.256. The lowest BCUT2D eigenvalue weighted by Gasteiger charge is -2.61. The van der Waals surface area contributed by atoms with Crippen LogP contribution in [0.15, 0.2) is 0 Å². The Morgan fingerprint density at radius 3 is 2.56 bits per heavy atom. The van der Waals surface area contributed by atoms with Gasteiger partial charge in [-0.1, -0.05) is 6.92 Å². The topological polar surface area (TPSA) is 61.8 Å². The highest BCUT2D eigenvalue weighted by Crippen LogP contribution is 2.76. The zero-order valence-electron chi connectivity index (χ0n) is 11.2. The van der Waals surface area contributed by atoms with Crippen LogP contribution in [0.25, 0.3) is 0 Å². The van der Waals surface area contributed by atoms with Crippen molar-refractivity contribution >= 4 is 11.9 Å². The maximum Gasteiger partial charge on any atom is 0.327 e. The molecule has 18 heavy (non-hydrogen) atoms. The Labute approximate surface area is 106 Å². The second kappa shape index (κ2) is 2.90. The fourth-order valence-corrected chi connectivity index (χ4v) is 4.73. The van der Waals surface area contributed by atoms with Crippen molar-refractivity contribution in [2.24, 2.45) is 10.8 Å². The molecule has 1 spiro atoms. The van der Waals surface area contributed by atoms with E-state index in [4.69, 9.17) is 14.2 Å². The summed E-state index contributed by atoms with van der Waals surface area (Å²) >= 11 is 0. The summed E-state index contributed by atoms with van der Waals surface area (Å²) in [6.07, 6.45) is 1.29. The van der Waals surface area contributed by atoms with E-state index in [-0.39, 0.29) is 5.41 Å². The molecule has 100 valence electrons. The Morgan fingerprint density at radius 2 is 2.00 bits per heavy atom. The molecule has 2 aliphatic heterocycles. The summed E-state index contributed by atoms with van der Waals surface area (Å²) in [6.45, 7) is 6.25. The lowest BCUT2D eigenvalue weighted by Crippen LogP contribution is -2.76. The molecule has 0 amide bonds. The summed E-state index contributed by atoms with van der Waals surface area (Å²) in [5, 5.41) is 0. The van der Waals surface area contributed by atoms with Crippen molar-refractivity contribution in [1.29, 1.82) is 0 Å². The van der Waals surface area contributed by atoms with E-state index in [0.717, 1.165) is 6.42 Å². The Morgan fingerprint density at radius 1 is 1.33 bits per heavy atom. The van der Waals surface area contributed by atoms with Gasteiger partial charge in [0.25, 0.3) is 0 Å². The predicted molar refractivity (Wildman–Crippen MR) is 60.6 cm³/mol. The number of hydrogen-bond donors (Lipinski definition) is 0. The van der Waals surface area contributed by atoms with Gasteiger partial charge in [0.05, 0.1) is 7.11 Å². The Kier molecular flexibility index (Phi) is 1.93. The van der Waals surface area contributed by atoms with Crippen LogP contribution in [0.1, 0.15) is 33.6 Å². The highest BCUT2D eigenvalue weighted by atomic mass is 16.6. The predicted octanol–water partition coefficient (Wildman–Crippen LogP) is 1.05. The number of cyclic esters (lactones) is 1. The molecule has 5 nitrogen and oxygen atoms in total. The van der Waals surface area contributed by atoms with Gasteiger partial charge in [-0.2, -0.15) is 0 Å². The molecule has 0 bridgehead atoms. The van der Waals surface area contributed by atoms with E-state index >= 15 is 0 Å². The number of carbonyl (C=O) groups is 2. The van der Waals surface area contributed by atoms with Gasteiger partial charge in [0.15, 0.2) is 5.41 Å². The van der Waals surface area contributed by atoms with Crippen molar-refractivity contribution in [3.63, 3.8) is 0 Å². The SMILES string of the molecule is COC(=O)[C@@]12C[C@@]3(C)CCO[C@]31C(C)(C)OC2=O. The van der Waals surface area contributed by atoms with Crippen LogP contribution in [0.4, 0.5) is 0 Å². The number of methoxy groups -OCH3 is 1. The summed E-state index contributed by atoms with van der Waals surface area (Å²) < 4.78 is 16.2. The highest BCUT2D eigenvalue weighted by Gasteiger charge is 2.91. The average molecular weight is 254 g/mol. The van der Waals surface area contributed by atoms with E-state index in [2.05, 4.69) is 6.92 Å². The Hall–Kier alpha value is -1.10. The number of esters is 2. The fraction of sp³-hybridized carbons (Fsp3) is 0.846. The van der Waals surface area contributed by atoms with Gasteiger partial charge in [-0.3, -0.25) is 9.59 Å². The molecule has 3 aliphatic rings. The first kappa shape index (κ1) is 12.0. The zero-order chi connectivity index (χ0) is 13.4. The molecule has 3 fully saturated rings. The van der Waals surface area contributed by atoms with Gasteiger partial charge >= 0.3 is 11.9 Å². The molecule has 0 unspecified atom stereocenters. The molecule has 3 rings (SSSR count). The fourth-order valence-electron chi connectivity index (χ4n) is 4.73. The summed E-state index contributed by atoms with van der Waals surface area (Å²) in [5.74, 6) is -1.03. The molecule has 0 radical (unpaired) electrons. The molecule has 0 aromatic rings. The summed E-state index contributed by atoms with van der Waals surface area (Å²) in [4.78, 5) is 24.4. The van der Waals surface area contributed by atoms with E-state index in [1.165, 1.54) is 7.11 Å². The first-order valence-electron chi connectivity index (χ1n) is 6.23. The number of hydrogen-bond acceptors (Lipinski definition) is 5. The third-order valence-corrected chi connectivity index (χ3v) is 5.16. The monoisotopic (exact) mass is 254 g/mol. The summed E-state index contributed by atoms with van der Waals surface area (Å²) in [7, 11) is 1.30. The second-order valence-corrected chi connectivity index (χ2v) is 6.31. The normalized spacial score (nSPS) is 47.9. The maximum atomic E-state index is 12.3. The highest BCUT2D eigenvalue weighted by molar-refractivity contribution is 6.06. The van der Waals surface area contributed by atoms with Crippen LogP contribution >= 0.6 is 0 Å². The number of ether oxygens (including phenoxy) is 3. The molecule has 0 aromatic carbocycles. The Bertz CT molecular complexity index is 456. The molecular weight excluding hydrogens is 236 g/mol. The van der Waals surface area contributed by atoms with Crippen molar-refractivity contribution in [2.75, 3.05) is 13.7 Å². The largest absolute Gasteiger partial charge is 0.468 e. The van der Waals surface area contributed by atoms with Gasteiger partial charge in [-0.15, -0.1) is 0 Å². The van der Waals surface area contributed by atoms with E-state index in [1.807, 2.05) is 13.8 Å². The smallest absolute Gasteiger partial charge is 0.327 e. The zero-order valence-corrected chi connectivity index (χ0v) is 11.2. The van der Waals surface area contributed by atoms with Gasteiger partial charge in [0, 0.05) is 12.0 Å². The van der Waals surface area contributed by atoms with Crippen LogP contribution in [0.2, 0.25) is 0 Å². The van der Waals surface area contributed by atoms with E-state index in [0.29, 0.717) is 13.0 Å². The Balaban J connectivity index is 2.22. The molecule has 0 aromatic heterocycles. The molecule has 0 N–H and O–H groups in total. The molecule has 2 heterocycles. The molecule has 5 heteroatoms. The van der Waals surface area contributed by atoms with Crippen molar-refractivity contribution in [1.82, 2.24) is 0 Å². The molecule has 3 atom stereocenters. The van der Waals surface area contributed by atoms with Gasteiger partial charge < -0.3 is 14.2 Å². The van der Waals surface area contributed by atoms with E-state index in [1.54, 1.807) is 0 Å². The minimum absolute atomic E-state index is 0.198. The maximum absolute atomic E-state index is 12.3. The third-order valence-electron chi connectivity index (χ3n) is 5.16. The average Bonchev–Trinajstić information content (AvgIpc) is 2.61. The van der Waals surface area contributed by atoms with Crippen LogP contribution in [-0.2, 0) is 23.8 Å². The summed E-state index contributed by atoms with van der Waals surface area (Å²) in [6, 6.07) is 0.